The minimum atomic E-state index is -0.425. The Bertz CT molecular complexity index is 1340. The average Bonchev–Trinajstić information content (AvgIpc) is 3.18. The van der Waals surface area contributed by atoms with Gasteiger partial charge in [-0.25, -0.2) is 0 Å². The lowest BCUT2D eigenvalue weighted by Crippen LogP contribution is -2.09. The number of hydrogen-bond acceptors (Lipinski definition) is 5. The van der Waals surface area contributed by atoms with Gasteiger partial charge in [0.05, 0.1) is 10.3 Å². The van der Waals surface area contributed by atoms with Crippen LogP contribution in [-0.4, -0.2) is 11.8 Å². The Hall–Kier alpha value is -2.76. The number of furan rings is 1. The van der Waals surface area contributed by atoms with Crippen LogP contribution in [0, 0.1) is 0 Å². The minimum Gasteiger partial charge on any atom is -0.456 e. The van der Waals surface area contributed by atoms with E-state index in [0.29, 0.717) is 10.8 Å². The Kier molecular flexibility index (Phi) is 7.11. The Morgan fingerprint density at radius 3 is 2.55 bits per heavy atom. The van der Waals surface area contributed by atoms with Crippen molar-refractivity contribution in [1.29, 1.82) is 0 Å². The van der Waals surface area contributed by atoms with E-state index in [2.05, 4.69) is 13.0 Å². The van der Waals surface area contributed by atoms with Crippen molar-refractivity contribution in [3.63, 3.8) is 0 Å². The molecule has 0 spiro atoms. The van der Waals surface area contributed by atoms with Gasteiger partial charge >= 0.3 is 5.97 Å². The number of carbonyl (C=O) groups excluding carboxylic acids is 2. The number of benzene rings is 3. The first-order valence-electron chi connectivity index (χ1n) is 11.0. The highest BCUT2D eigenvalue weighted by atomic mass is 35.5. The maximum Gasteiger partial charge on any atom is 0.310 e. The summed E-state index contributed by atoms with van der Waals surface area (Å²) in [5.41, 5.74) is 3.79. The first-order chi connectivity index (χ1) is 15.9. The van der Waals surface area contributed by atoms with E-state index in [-0.39, 0.29) is 18.2 Å². The summed E-state index contributed by atoms with van der Waals surface area (Å²) in [5.74, 6) is 0.119. The van der Waals surface area contributed by atoms with Crippen molar-refractivity contribution in [1.82, 2.24) is 0 Å². The van der Waals surface area contributed by atoms with Crippen molar-refractivity contribution < 1.29 is 18.7 Å². The van der Waals surface area contributed by atoms with E-state index < -0.39 is 5.25 Å². The third-order valence-electron chi connectivity index (χ3n) is 5.51. The van der Waals surface area contributed by atoms with Gasteiger partial charge in [-0.3, -0.25) is 9.59 Å². The van der Waals surface area contributed by atoms with Crippen LogP contribution in [0.5, 0.6) is 5.75 Å². The maximum absolute atomic E-state index is 12.8. The molecule has 0 saturated heterocycles. The normalized spacial score (nSPS) is 12.2. The summed E-state index contributed by atoms with van der Waals surface area (Å²) in [6.07, 6.45) is 2.06. The van der Waals surface area contributed by atoms with E-state index >= 15 is 0 Å². The van der Waals surface area contributed by atoms with Crippen LogP contribution >= 0.6 is 23.4 Å². The molecule has 1 aromatic heterocycles. The fraction of sp³-hybridized carbons (Fsp3) is 0.259. The first kappa shape index (κ1) is 23.4. The van der Waals surface area contributed by atoms with Gasteiger partial charge in [-0.2, -0.15) is 0 Å². The molecule has 0 radical (unpaired) electrons. The number of esters is 1. The SMILES string of the molecule is CCCc1c(C(Sc2ccc(OC(=O)CC)cc2Cl)C(C)=O)ccc2oc3ccccc3c12. The summed E-state index contributed by atoms with van der Waals surface area (Å²) in [7, 11) is 0. The Morgan fingerprint density at radius 1 is 1.06 bits per heavy atom. The second kappa shape index (κ2) is 10.0. The van der Waals surface area contributed by atoms with Crippen molar-refractivity contribution in [3.8, 4) is 5.75 Å². The highest BCUT2D eigenvalue weighted by Gasteiger charge is 2.25. The summed E-state index contributed by atoms with van der Waals surface area (Å²) < 4.78 is 11.3. The van der Waals surface area contributed by atoms with Gasteiger partial charge in [0.1, 0.15) is 22.7 Å². The third-order valence-corrected chi connectivity index (χ3v) is 7.36. The maximum atomic E-state index is 12.8. The van der Waals surface area contributed by atoms with Crippen LogP contribution < -0.4 is 4.74 Å². The number of hydrogen-bond donors (Lipinski definition) is 0. The van der Waals surface area contributed by atoms with E-state index in [0.717, 1.165) is 50.8 Å². The van der Waals surface area contributed by atoms with Crippen molar-refractivity contribution in [2.45, 2.75) is 50.2 Å². The molecule has 0 bridgehead atoms. The molecule has 4 rings (SSSR count). The number of thioether (sulfide) groups is 1. The van der Waals surface area contributed by atoms with Crippen molar-refractivity contribution >= 4 is 57.1 Å². The van der Waals surface area contributed by atoms with Crippen LogP contribution in [0.15, 0.2) is 63.9 Å². The molecule has 170 valence electrons. The largest absolute Gasteiger partial charge is 0.456 e. The number of halogens is 1. The predicted octanol–water partition coefficient (Wildman–Crippen LogP) is 7.93. The summed E-state index contributed by atoms with van der Waals surface area (Å²) in [4.78, 5) is 25.2. The molecule has 0 aliphatic carbocycles. The molecule has 0 aliphatic heterocycles. The fourth-order valence-electron chi connectivity index (χ4n) is 4.01. The van der Waals surface area contributed by atoms with E-state index in [1.54, 1.807) is 32.0 Å². The van der Waals surface area contributed by atoms with Gasteiger partial charge in [0.2, 0.25) is 0 Å². The van der Waals surface area contributed by atoms with Crippen LogP contribution in [0.2, 0.25) is 5.02 Å². The Morgan fingerprint density at radius 2 is 1.85 bits per heavy atom. The zero-order valence-electron chi connectivity index (χ0n) is 18.8. The minimum absolute atomic E-state index is 0.0436. The molecule has 0 amide bonds. The molecule has 0 saturated carbocycles. The van der Waals surface area contributed by atoms with E-state index in [1.807, 2.05) is 30.3 Å². The Balaban J connectivity index is 1.77. The van der Waals surface area contributed by atoms with E-state index in [4.69, 9.17) is 20.8 Å². The van der Waals surface area contributed by atoms with Crippen LogP contribution in [0.3, 0.4) is 0 Å². The number of ketones is 1. The van der Waals surface area contributed by atoms with Gasteiger partial charge < -0.3 is 9.15 Å². The molecule has 0 N–H and O–H groups in total. The summed E-state index contributed by atoms with van der Waals surface area (Å²) >= 11 is 7.92. The molecule has 1 atom stereocenters. The molecule has 3 aromatic carbocycles. The summed E-state index contributed by atoms with van der Waals surface area (Å²) in [5, 5.41) is 2.15. The molecule has 1 unspecified atom stereocenters. The molecule has 0 aliphatic rings. The monoisotopic (exact) mass is 480 g/mol. The van der Waals surface area contributed by atoms with E-state index in [1.165, 1.54) is 11.8 Å². The lowest BCUT2D eigenvalue weighted by Gasteiger charge is -2.19. The summed E-state index contributed by atoms with van der Waals surface area (Å²) in [6, 6.07) is 17.1. The number of carbonyl (C=O) groups is 2. The van der Waals surface area contributed by atoms with Gasteiger partial charge in [-0.05, 0) is 48.7 Å². The topological polar surface area (TPSA) is 56.5 Å². The Labute approximate surface area is 202 Å². The second-order valence-corrected chi connectivity index (χ2v) is 9.44. The summed E-state index contributed by atoms with van der Waals surface area (Å²) in [6.45, 7) is 5.48. The second-order valence-electron chi connectivity index (χ2n) is 7.88. The molecule has 6 heteroatoms. The van der Waals surface area contributed by atoms with Crippen LogP contribution in [0.4, 0.5) is 0 Å². The quantitative estimate of drug-likeness (QED) is 0.145. The fourth-order valence-corrected chi connectivity index (χ4v) is 5.40. The molecule has 1 heterocycles. The number of rotatable bonds is 8. The molecule has 4 aromatic rings. The zero-order valence-corrected chi connectivity index (χ0v) is 20.4. The van der Waals surface area contributed by atoms with Gasteiger partial charge in [0, 0.05) is 28.2 Å². The molecular formula is C27H25ClO4S. The zero-order chi connectivity index (χ0) is 23.5. The highest BCUT2D eigenvalue weighted by Crippen LogP contribution is 2.44. The highest BCUT2D eigenvalue weighted by molar-refractivity contribution is 8.00. The third kappa shape index (κ3) is 4.80. The van der Waals surface area contributed by atoms with Crippen LogP contribution in [0.25, 0.3) is 21.9 Å². The molecular weight excluding hydrogens is 456 g/mol. The number of fused-ring (bicyclic) bond motifs is 3. The van der Waals surface area contributed by atoms with Gasteiger partial charge in [-0.15, -0.1) is 11.8 Å². The van der Waals surface area contributed by atoms with Gasteiger partial charge in [0.25, 0.3) is 0 Å². The van der Waals surface area contributed by atoms with E-state index in [9.17, 15) is 9.59 Å². The standard InChI is InChI=1S/C27H25ClO4S/c1-4-8-18-19(12-13-23-26(18)20-9-6-7-10-22(20)32-23)27(16(3)29)33-24-14-11-17(15-21(24)28)31-25(30)5-2/h6-7,9-15,27H,4-5,8H2,1-3H3. The van der Waals surface area contributed by atoms with Gasteiger partial charge in [-0.1, -0.05) is 56.1 Å². The number of aryl methyl sites for hydroxylation is 1. The smallest absolute Gasteiger partial charge is 0.310 e. The van der Waals surface area contributed by atoms with Crippen LogP contribution in [-0.2, 0) is 16.0 Å². The number of Topliss-reactive ketones (excluding diaryl/α,β-unsaturated/α-hetero) is 1. The average molecular weight is 481 g/mol. The van der Waals surface area contributed by atoms with Crippen molar-refractivity contribution in [2.24, 2.45) is 0 Å². The van der Waals surface area contributed by atoms with Gasteiger partial charge in [0.15, 0.2) is 0 Å². The molecule has 0 fully saturated rings. The predicted molar refractivity (Wildman–Crippen MR) is 134 cm³/mol. The molecule has 33 heavy (non-hydrogen) atoms. The number of para-hydroxylation sites is 1. The lowest BCUT2D eigenvalue weighted by atomic mass is 9.94. The number of ether oxygens (including phenoxy) is 1. The first-order valence-corrected chi connectivity index (χ1v) is 12.3. The molecule has 4 nitrogen and oxygen atoms in total. The van der Waals surface area contributed by atoms with Crippen molar-refractivity contribution in [2.75, 3.05) is 0 Å². The van der Waals surface area contributed by atoms with Crippen molar-refractivity contribution in [3.05, 3.63) is 70.7 Å². The van der Waals surface area contributed by atoms with Crippen LogP contribution in [0.1, 0.15) is 50.0 Å². The lowest BCUT2D eigenvalue weighted by molar-refractivity contribution is -0.134.